The third kappa shape index (κ3) is 4.62. The molecule has 1 aliphatic heterocycles. The second-order valence-electron chi connectivity index (χ2n) is 7.45. The molecular formula is C20H26F3NO3. The monoisotopic (exact) mass is 385 g/mol. The van der Waals surface area contributed by atoms with E-state index in [9.17, 15) is 22.8 Å². The van der Waals surface area contributed by atoms with Crippen molar-refractivity contribution in [3.05, 3.63) is 35.9 Å². The van der Waals surface area contributed by atoms with Gasteiger partial charge in [0.15, 0.2) is 0 Å². The molecule has 2 atom stereocenters. The summed E-state index contributed by atoms with van der Waals surface area (Å²) >= 11 is 0. The van der Waals surface area contributed by atoms with Gasteiger partial charge in [-0.25, -0.2) is 9.69 Å². The highest BCUT2D eigenvalue weighted by Gasteiger charge is 2.55. The molecule has 0 bridgehead atoms. The van der Waals surface area contributed by atoms with Crippen molar-refractivity contribution >= 4 is 12.0 Å². The highest BCUT2D eigenvalue weighted by Crippen LogP contribution is 2.48. The van der Waals surface area contributed by atoms with Gasteiger partial charge in [0.1, 0.15) is 6.61 Å². The molecule has 2 amide bonds. The van der Waals surface area contributed by atoms with Gasteiger partial charge in [-0.05, 0) is 30.7 Å². The van der Waals surface area contributed by atoms with Gasteiger partial charge in [0, 0.05) is 6.42 Å². The minimum atomic E-state index is -4.55. The van der Waals surface area contributed by atoms with E-state index in [1.807, 2.05) is 0 Å². The predicted octanol–water partition coefficient (Wildman–Crippen LogP) is 4.97. The zero-order chi connectivity index (χ0) is 20.2. The van der Waals surface area contributed by atoms with Gasteiger partial charge in [-0.15, -0.1) is 0 Å². The van der Waals surface area contributed by atoms with Gasteiger partial charge in [0.2, 0.25) is 5.91 Å². The van der Waals surface area contributed by atoms with Crippen molar-refractivity contribution in [3.8, 4) is 0 Å². The van der Waals surface area contributed by atoms with E-state index < -0.39 is 36.1 Å². The molecule has 1 aromatic rings. The second-order valence-corrected chi connectivity index (χ2v) is 7.45. The maximum Gasteiger partial charge on any atom is 0.416 e. The zero-order valence-electron chi connectivity index (χ0n) is 15.9. The molecule has 1 fully saturated rings. The normalized spacial score (nSPS) is 19.9. The first kappa shape index (κ1) is 21.3. The van der Waals surface area contributed by atoms with Gasteiger partial charge in [0.25, 0.3) is 0 Å². The van der Waals surface area contributed by atoms with Crippen LogP contribution in [0.4, 0.5) is 18.0 Å². The van der Waals surface area contributed by atoms with Crippen molar-refractivity contribution in [2.45, 2.75) is 58.7 Å². The summed E-state index contributed by atoms with van der Waals surface area (Å²) in [5.74, 6) is -0.907. The maximum absolute atomic E-state index is 14.0. The summed E-state index contributed by atoms with van der Waals surface area (Å²) < 4.78 is 46.9. The van der Waals surface area contributed by atoms with Crippen LogP contribution in [-0.4, -0.2) is 35.7 Å². The molecule has 0 spiro atoms. The van der Waals surface area contributed by atoms with Crippen LogP contribution in [0, 0.1) is 11.3 Å². The van der Waals surface area contributed by atoms with Crippen molar-refractivity contribution in [1.29, 1.82) is 0 Å². The number of benzene rings is 1. The molecule has 1 aromatic carbocycles. The van der Waals surface area contributed by atoms with Crippen LogP contribution in [0.3, 0.4) is 0 Å². The van der Waals surface area contributed by atoms with Crippen LogP contribution < -0.4 is 0 Å². The number of alkyl halides is 3. The SMILES string of the molecule is CC[C@](CCc1ccccc1)(CC(=O)N1C(=O)OC[C@@H]1C(C)C)C(F)(F)F. The molecule has 150 valence electrons. The van der Waals surface area contributed by atoms with Crippen LogP contribution in [0.25, 0.3) is 0 Å². The van der Waals surface area contributed by atoms with Crippen LogP contribution in [-0.2, 0) is 16.0 Å². The summed E-state index contributed by atoms with van der Waals surface area (Å²) in [6.07, 6.45) is -6.39. The average molecular weight is 385 g/mol. The Balaban J connectivity index is 2.23. The third-order valence-electron chi connectivity index (χ3n) is 5.45. The van der Waals surface area contributed by atoms with Gasteiger partial charge >= 0.3 is 12.3 Å². The van der Waals surface area contributed by atoms with Gasteiger partial charge in [0.05, 0.1) is 11.5 Å². The van der Waals surface area contributed by atoms with Crippen molar-refractivity contribution in [1.82, 2.24) is 4.90 Å². The van der Waals surface area contributed by atoms with E-state index in [2.05, 4.69) is 0 Å². The topological polar surface area (TPSA) is 46.6 Å². The fourth-order valence-electron chi connectivity index (χ4n) is 3.45. The molecule has 7 heteroatoms. The molecule has 1 heterocycles. The lowest BCUT2D eigenvalue weighted by atomic mass is 9.75. The quantitative estimate of drug-likeness (QED) is 0.666. The lowest BCUT2D eigenvalue weighted by molar-refractivity contribution is -0.231. The van der Waals surface area contributed by atoms with Crippen molar-refractivity contribution in [2.75, 3.05) is 6.61 Å². The number of hydrogen-bond acceptors (Lipinski definition) is 3. The Morgan fingerprint density at radius 1 is 1.26 bits per heavy atom. The smallest absolute Gasteiger partial charge is 0.416 e. The Hall–Kier alpha value is -2.05. The molecule has 0 aliphatic carbocycles. The fraction of sp³-hybridized carbons (Fsp3) is 0.600. The number of rotatable bonds is 7. The first-order valence-electron chi connectivity index (χ1n) is 9.21. The molecule has 0 radical (unpaired) electrons. The van der Waals surface area contributed by atoms with E-state index in [0.29, 0.717) is 0 Å². The maximum atomic E-state index is 14.0. The number of imide groups is 1. The Morgan fingerprint density at radius 3 is 2.41 bits per heavy atom. The van der Waals surface area contributed by atoms with Gasteiger partial charge in [-0.3, -0.25) is 4.79 Å². The molecule has 0 saturated carbocycles. The Morgan fingerprint density at radius 2 is 1.89 bits per heavy atom. The Labute approximate surface area is 157 Å². The molecule has 27 heavy (non-hydrogen) atoms. The summed E-state index contributed by atoms with van der Waals surface area (Å²) in [6.45, 7) is 5.07. The van der Waals surface area contributed by atoms with Crippen molar-refractivity contribution in [2.24, 2.45) is 11.3 Å². The zero-order valence-corrected chi connectivity index (χ0v) is 15.9. The fourth-order valence-corrected chi connectivity index (χ4v) is 3.45. The molecular weight excluding hydrogens is 359 g/mol. The van der Waals surface area contributed by atoms with Crippen LogP contribution >= 0.6 is 0 Å². The van der Waals surface area contributed by atoms with E-state index in [-0.39, 0.29) is 31.8 Å². The number of carbonyl (C=O) groups is 2. The number of halogens is 3. The minimum Gasteiger partial charge on any atom is -0.447 e. The van der Waals surface area contributed by atoms with Gasteiger partial charge in [-0.2, -0.15) is 13.2 Å². The number of amides is 2. The van der Waals surface area contributed by atoms with Gasteiger partial charge < -0.3 is 4.74 Å². The summed E-state index contributed by atoms with van der Waals surface area (Å²) in [7, 11) is 0. The standard InChI is InChI=1S/C20H26F3NO3/c1-4-19(20(21,22)23,11-10-15-8-6-5-7-9-15)12-17(25)24-16(14(2)3)13-27-18(24)26/h5-9,14,16H,4,10-13H2,1-3H3/t16-,19+/m1/s1. The minimum absolute atomic E-state index is 0.0252. The molecule has 1 saturated heterocycles. The van der Waals surface area contributed by atoms with E-state index in [1.54, 1.807) is 44.2 Å². The van der Waals surface area contributed by atoms with E-state index >= 15 is 0 Å². The van der Waals surface area contributed by atoms with Crippen LogP contribution in [0.1, 0.15) is 45.6 Å². The lowest BCUT2D eigenvalue weighted by Gasteiger charge is -2.36. The molecule has 0 N–H and O–H groups in total. The number of cyclic esters (lactones) is 1. The first-order valence-corrected chi connectivity index (χ1v) is 9.21. The highest BCUT2D eigenvalue weighted by atomic mass is 19.4. The lowest BCUT2D eigenvalue weighted by Crippen LogP contribution is -2.47. The van der Waals surface area contributed by atoms with E-state index in [0.717, 1.165) is 10.5 Å². The number of hydrogen-bond donors (Lipinski definition) is 0. The first-order chi connectivity index (χ1) is 12.6. The molecule has 0 unspecified atom stereocenters. The summed E-state index contributed by atoms with van der Waals surface area (Å²) in [6, 6.07) is 8.36. The molecule has 4 nitrogen and oxygen atoms in total. The Kier molecular flexibility index (Phi) is 6.54. The van der Waals surface area contributed by atoms with Crippen LogP contribution in [0.5, 0.6) is 0 Å². The highest BCUT2D eigenvalue weighted by molar-refractivity contribution is 5.94. The summed E-state index contributed by atoms with van der Waals surface area (Å²) in [5.41, 5.74) is -1.39. The van der Waals surface area contributed by atoms with E-state index in [4.69, 9.17) is 4.74 Å². The molecule has 0 aromatic heterocycles. The van der Waals surface area contributed by atoms with Crippen molar-refractivity contribution in [3.63, 3.8) is 0 Å². The summed E-state index contributed by atoms with van der Waals surface area (Å²) in [4.78, 5) is 25.5. The largest absolute Gasteiger partial charge is 0.447 e. The third-order valence-corrected chi connectivity index (χ3v) is 5.45. The predicted molar refractivity (Wildman–Crippen MR) is 95.0 cm³/mol. The summed E-state index contributed by atoms with van der Waals surface area (Å²) in [5, 5.41) is 0. The van der Waals surface area contributed by atoms with Crippen molar-refractivity contribution < 1.29 is 27.5 Å². The number of ether oxygens (including phenoxy) is 1. The molecule has 2 rings (SSSR count). The number of aryl methyl sites for hydroxylation is 1. The van der Waals surface area contributed by atoms with Crippen LogP contribution in [0.15, 0.2) is 30.3 Å². The molecule has 1 aliphatic rings. The van der Waals surface area contributed by atoms with Gasteiger partial charge in [-0.1, -0.05) is 51.1 Å². The Bertz CT molecular complexity index is 660. The number of nitrogens with zero attached hydrogens (tertiary/aromatic N) is 1. The van der Waals surface area contributed by atoms with E-state index in [1.165, 1.54) is 6.92 Å². The second kappa shape index (κ2) is 8.31. The average Bonchev–Trinajstić information content (AvgIpc) is 3.00. The number of carbonyl (C=O) groups excluding carboxylic acids is 2. The van der Waals surface area contributed by atoms with Crippen LogP contribution in [0.2, 0.25) is 0 Å².